The summed E-state index contributed by atoms with van der Waals surface area (Å²) in [5.41, 5.74) is 6.57. The number of rotatable bonds is 4. The number of nitrogens with zero attached hydrogens (tertiary/aromatic N) is 1. The molecule has 0 radical (unpaired) electrons. The summed E-state index contributed by atoms with van der Waals surface area (Å²) in [6, 6.07) is 5.60. The number of benzene rings is 1. The fraction of sp³-hybridized carbons (Fsp3) is 0.500. The molecule has 0 saturated heterocycles. The van der Waals surface area contributed by atoms with Crippen LogP contribution in [-0.2, 0) is 4.79 Å². The lowest BCUT2D eigenvalue weighted by Crippen LogP contribution is -2.46. The molecule has 0 bridgehead atoms. The van der Waals surface area contributed by atoms with E-state index in [-0.39, 0.29) is 23.8 Å². The quantitative estimate of drug-likeness (QED) is 0.894. The molecule has 0 heterocycles. The molecule has 0 aliphatic heterocycles. The van der Waals surface area contributed by atoms with Gasteiger partial charge >= 0.3 is 0 Å². The first-order valence-electron chi connectivity index (χ1n) is 6.17. The molecule has 1 rings (SSSR count). The zero-order valence-corrected chi connectivity index (χ0v) is 11.4. The topological polar surface area (TPSA) is 46.3 Å². The van der Waals surface area contributed by atoms with Gasteiger partial charge in [-0.1, -0.05) is 12.1 Å². The second-order valence-electron chi connectivity index (χ2n) is 4.86. The first-order chi connectivity index (χ1) is 8.34. The number of halogens is 1. The van der Waals surface area contributed by atoms with Crippen molar-refractivity contribution in [1.82, 2.24) is 4.90 Å². The minimum atomic E-state index is -0.532. The number of amides is 1. The van der Waals surface area contributed by atoms with Crippen molar-refractivity contribution in [3.63, 3.8) is 0 Å². The monoisotopic (exact) mass is 252 g/mol. The first-order valence-corrected chi connectivity index (χ1v) is 6.17. The minimum Gasteiger partial charge on any atom is -0.332 e. The van der Waals surface area contributed by atoms with Crippen molar-refractivity contribution in [3.8, 4) is 0 Å². The lowest BCUT2D eigenvalue weighted by molar-refractivity contribution is -0.136. The third-order valence-electron chi connectivity index (χ3n) is 2.97. The molecular formula is C14H21FN2O. The van der Waals surface area contributed by atoms with Crippen LogP contribution in [0, 0.1) is 5.82 Å². The molecule has 0 fully saturated rings. The van der Waals surface area contributed by atoms with Crippen molar-refractivity contribution in [1.29, 1.82) is 0 Å². The van der Waals surface area contributed by atoms with Gasteiger partial charge in [-0.15, -0.1) is 0 Å². The molecule has 2 N–H and O–H groups in total. The predicted molar refractivity (Wildman–Crippen MR) is 70.4 cm³/mol. The van der Waals surface area contributed by atoms with Gasteiger partial charge in [-0.25, -0.2) is 4.39 Å². The van der Waals surface area contributed by atoms with Crippen LogP contribution in [0.15, 0.2) is 24.3 Å². The Hall–Kier alpha value is -1.42. The van der Waals surface area contributed by atoms with Crippen LogP contribution in [0.25, 0.3) is 0 Å². The Morgan fingerprint density at radius 3 is 2.06 bits per heavy atom. The van der Waals surface area contributed by atoms with Gasteiger partial charge < -0.3 is 10.6 Å². The fourth-order valence-corrected chi connectivity index (χ4v) is 2.03. The third-order valence-corrected chi connectivity index (χ3v) is 2.97. The van der Waals surface area contributed by atoms with Gasteiger partial charge in [-0.3, -0.25) is 4.79 Å². The molecule has 0 aliphatic carbocycles. The molecule has 0 aromatic heterocycles. The number of carbonyl (C=O) groups is 1. The summed E-state index contributed by atoms with van der Waals surface area (Å²) in [5, 5.41) is 0. The summed E-state index contributed by atoms with van der Waals surface area (Å²) >= 11 is 0. The molecule has 1 amide bonds. The van der Waals surface area contributed by atoms with E-state index >= 15 is 0 Å². The summed E-state index contributed by atoms with van der Waals surface area (Å²) < 4.78 is 12.9. The van der Waals surface area contributed by atoms with E-state index in [0.717, 1.165) is 5.56 Å². The Morgan fingerprint density at radius 2 is 1.67 bits per heavy atom. The van der Waals surface area contributed by atoms with Gasteiger partial charge in [0.15, 0.2) is 0 Å². The Balaban J connectivity index is 2.99. The zero-order valence-electron chi connectivity index (χ0n) is 11.4. The van der Waals surface area contributed by atoms with Crippen LogP contribution in [0.1, 0.15) is 39.3 Å². The molecule has 100 valence electrons. The molecule has 1 aromatic carbocycles. The highest BCUT2D eigenvalue weighted by Gasteiger charge is 2.26. The third kappa shape index (κ3) is 3.29. The summed E-state index contributed by atoms with van der Waals surface area (Å²) in [6.45, 7) is 7.49. The molecular weight excluding hydrogens is 231 g/mol. The molecule has 2 atom stereocenters. The number of hydrogen-bond acceptors (Lipinski definition) is 2. The smallest absolute Gasteiger partial charge is 0.239 e. The van der Waals surface area contributed by atoms with Gasteiger partial charge in [0.05, 0.1) is 12.1 Å². The van der Waals surface area contributed by atoms with Crippen LogP contribution in [0.4, 0.5) is 4.39 Å². The molecule has 0 unspecified atom stereocenters. The molecule has 0 saturated carbocycles. The Labute approximate surface area is 108 Å². The highest BCUT2D eigenvalue weighted by atomic mass is 19.1. The Bertz CT molecular complexity index is 401. The van der Waals surface area contributed by atoms with Gasteiger partial charge in [0.1, 0.15) is 5.82 Å². The van der Waals surface area contributed by atoms with Crippen LogP contribution in [0.3, 0.4) is 0 Å². The summed E-state index contributed by atoms with van der Waals surface area (Å²) in [7, 11) is 0. The molecule has 0 aliphatic rings. The van der Waals surface area contributed by atoms with E-state index in [1.54, 1.807) is 24.0 Å². The maximum absolute atomic E-state index is 12.9. The maximum Gasteiger partial charge on any atom is 0.239 e. The van der Waals surface area contributed by atoms with Crippen LogP contribution in [0.2, 0.25) is 0 Å². The molecule has 18 heavy (non-hydrogen) atoms. The van der Waals surface area contributed by atoms with Crippen LogP contribution < -0.4 is 5.73 Å². The predicted octanol–water partition coefficient (Wildman–Crippen LogP) is 2.47. The van der Waals surface area contributed by atoms with Crippen molar-refractivity contribution >= 4 is 5.91 Å². The van der Waals surface area contributed by atoms with E-state index in [2.05, 4.69) is 0 Å². The SMILES string of the molecule is CC(C)N(C(=O)[C@H](C)N)[C@@H](C)c1ccc(F)cc1. The van der Waals surface area contributed by atoms with E-state index in [0.29, 0.717) is 0 Å². The highest BCUT2D eigenvalue weighted by molar-refractivity contribution is 5.81. The van der Waals surface area contributed by atoms with E-state index in [9.17, 15) is 9.18 Å². The lowest BCUT2D eigenvalue weighted by Gasteiger charge is -2.34. The average Bonchev–Trinajstić information content (AvgIpc) is 2.29. The molecule has 4 heteroatoms. The lowest BCUT2D eigenvalue weighted by atomic mass is 10.0. The van der Waals surface area contributed by atoms with E-state index < -0.39 is 6.04 Å². The van der Waals surface area contributed by atoms with Crippen molar-refractivity contribution in [2.24, 2.45) is 5.73 Å². The average molecular weight is 252 g/mol. The summed E-state index contributed by atoms with van der Waals surface area (Å²) in [5.74, 6) is -0.373. The minimum absolute atomic E-state index is 0.0450. The van der Waals surface area contributed by atoms with Gasteiger partial charge in [-0.05, 0) is 45.4 Å². The van der Waals surface area contributed by atoms with E-state index in [1.807, 2.05) is 20.8 Å². The Kier molecular flexibility index (Phi) is 4.84. The van der Waals surface area contributed by atoms with Gasteiger partial charge in [0, 0.05) is 6.04 Å². The number of nitrogens with two attached hydrogens (primary N) is 1. The van der Waals surface area contributed by atoms with Gasteiger partial charge in [0.25, 0.3) is 0 Å². The normalized spacial score (nSPS) is 14.4. The number of carbonyl (C=O) groups excluding carboxylic acids is 1. The van der Waals surface area contributed by atoms with Crippen molar-refractivity contribution in [3.05, 3.63) is 35.6 Å². The maximum atomic E-state index is 12.9. The molecule has 3 nitrogen and oxygen atoms in total. The number of hydrogen-bond donors (Lipinski definition) is 1. The highest BCUT2D eigenvalue weighted by Crippen LogP contribution is 2.23. The summed E-state index contributed by atoms with van der Waals surface area (Å²) in [6.07, 6.45) is 0. The largest absolute Gasteiger partial charge is 0.332 e. The van der Waals surface area contributed by atoms with E-state index in [1.165, 1.54) is 12.1 Å². The van der Waals surface area contributed by atoms with Gasteiger partial charge in [0.2, 0.25) is 5.91 Å². The van der Waals surface area contributed by atoms with Crippen molar-refractivity contribution < 1.29 is 9.18 Å². The van der Waals surface area contributed by atoms with Crippen molar-refractivity contribution in [2.75, 3.05) is 0 Å². The standard InChI is InChI=1S/C14H21FN2O/c1-9(2)17(14(18)10(3)16)11(4)12-5-7-13(15)8-6-12/h5-11H,16H2,1-4H3/t10-,11-/m0/s1. The first kappa shape index (κ1) is 14.6. The summed E-state index contributed by atoms with van der Waals surface area (Å²) in [4.78, 5) is 13.8. The van der Waals surface area contributed by atoms with Crippen molar-refractivity contribution in [2.45, 2.75) is 45.8 Å². The van der Waals surface area contributed by atoms with Crippen LogP contribution >= 0.6 is 0 Å². The molecule has 0 spiro atoms. The van der Waals surface area contributed by atoms with Gasteiger partial charge in [-0.2, -0.15) is 0 Å². The zero-order chi connectivity index (χ0) is 13.9. The second kappa shape index (κ2) is 5.96. The molecule has 1 aromatic rings. The fourth-order valence-electron chi connectivity index (χ4n) is 2.03. The second-order valence-corrected chi connectivity index (χ2v) is 4.86. The van der Waals surface area contributed by atoms with E-state index in [4.69, 9.17) is 5.73 Å². The van der Waals surface area contributed by atoms with Crippen LogP contribution in [-0.4, -0.2) is 22.9 Å². The van der Waals surface area contributed by atoms with Crippen LogP contribution in [0.5, 0.6) is 0 Å². The Morgan fingerprint density at radius 1 is 1.17 bits per heavy atom.